The predicted molar refractivity (Wildman–Crippen MR) is 210 cm³/mol. The highest BCUT2D eigenvalue weighted by Gasteiger charge is 2.44. The van der Waals surface area contributed by atoms with Crippen molar-refractivity contribution < 1.29 is 0 Å². The molecule has 0 bridgehead atoms. The highest BCUT2D eigenvalue weighted by atomic mass is 15.2. The summed E-state index contributed by atoms with van der Waals surface area (Å²) in [4.78, 5) is 5.00. The normalized spacial score (nSPS) is 13.1. The molecule has 0 aromatic heterocycles. The van der Waals surface area contributed by atoms with Gasteiger partial charge in [0.05, 0.1) is 0 Å². The fourth-order valence-electron chi connectivity index (χ4n) is 7.76. The van der Waals surface area contributed by atoms with E-state index in [2.05, 4.69) is 200 Å². The van der Waals surface area contributed by atoms with E-state index in [9.17, 15) is 0 Å². The molecule has 2 nitrogen and oxygen atoms in total. The van der Waals surface area contributed by atoms with Gasteiger partial charge < -0.3 is 9.80 Å². The van der Waals surface area contributed by atoms with Crippen molar-refractivity contribution in [3.63, 3.8) is 0 Å². The summed E-state index contributed by atoms with van der Waals surface area (Å²) in [6.07, 6.45) is 0. The van der Waals surface area contributed by atoms with Crippen molar-refractivity contribution in [2.75, 3.05) is 9.80 Å². The molecule has 0 N–H and O–H groups in total. The van der Waals surface area contributed by atoms with E-state index >= 15 is 0 Å². The molecule has 9 rings (SSSR count). The molecule has 0 aliphatic carbocycles. The summed E-state index contributed by atoms with van der Waals surface area (Å²) in [6.45, 7) is 7.05. The molecule has 0 saturated carbocycles. The summed E-state index contributed by atoms with van der Waals surface area (Å²) >= 11 is 0. The van der Waals surface area contributed by atoms with E-state index in [1.54, 1.807) is 0 Å². The van der Waals surface area contributed by atoms with Crippen molar-refractivity contribution in [3.05, 3.63) is 175 Å². The molecule has 2 heterocycles. The van der Waals surface area contributed by atoms with Crippen LogP contribution in [0.2, 0.25) is 0 Å². The van der Waals surface area contributed by atoms with Crippen molar-refractivity contribution in [2.45, 2.75) is 26.2 Å². The number of para-hydroxylation sites is 2. The zero-order chi connectivity index (χ0) is 33.1. The van der Waals surface area contributed by atoms with Crippen LogP contribution in [-0.2, 0) is 5.41 Å². The molecule has 0 amide bonds. The fraction of sp³-hybridized carbons (Fsp3) is 0.0870. The maximum atomic E-state index is 2.50. The summed E-state index contributed by atoms with van der Waals surface area (Å²) in [7, 11) is 0. The van der Waals surface area contributed by atoms with Gasteiger partial charge in [0.2, 0.25) is 0 Å². The van der Waals surface area contributed by atoms with Gasteiger partial charge in [0, 0.05) is 34.1 Å². The lowest BCUT2D eigenvalue weighted by atomic mass is 9.33. The van der Waals surface area contributed by atoms with Crippen LogP contribution in [0.4, 0.5) is 34.1 Å². The largest absolute Gasteiger partial charge is 0.311 e. The first-order valence-corrected chi connectivity index (χ1v) is 17.2. The number of anilines is 6. The summed E-state index contributed by atoms with van der Waals surface area (Å²) < 4.78 is 0. The highest BCUT2D eigenvalue weighted by molar-refractivity contribution is 7.00. The standard InChI is InChI=1S/C46H37BN2/c1-46(2,3)36-30-43-45-44(31-36)49(38-26-23-34(24-27-38)32-15-7-4-8-16-32)41-22-14-13-21-39(41)47(45)40-29-35(33-17-9-5-10-18-33)25-28-42(40)48(43)37-19-11-6-12-20-37/h4-31H,1-3H3. The van der Waals surface area contributed by atoms with Crippen LogP contribution in [0.1, 0.15) is 26.3 Å². The van der Waals surface area contributed by atoms with Crippen molar-refractivity contribution >= 4 is 57.2 Å². The second kappa shape index (κ2) is 11.4. The number of rotatable bonds is 4. The van der Waals surface area contributed by atoms with Gasteiger partial charge in [-0.2, -0.15) is 0 Å². The number of hydrogen-bond acceptors (Lipinski definition) is 2. The second-order valence-corrected chi connectivity index (χ2v) is 14.2. The molecule has 0 unspecified atom stereocenters. The third-order valence-electron chi connectivity index (χ3n) is 10.2. The van der Waals surface area contributed by atoms with Gasteiger partial charge in [-0.3, -0.25) is 0 Å². The van der Waals surface area contributed by atoms with Gasteiger partial charge in [-0.15, -0.1) is 0 Å². The first kappa shape index (κ1) is 29.4. The van der Waals surface area contributed by atoms with Gasteiger partial charge in [0.1, 0.15) is 0 Å². The molecule has 3 heteroatoms. The molecule has 0 radical (unpaired) electrons. The summed E-state index contributed by atoms with van der Waals surface area (Å²) in [5.74, 6) is 0. The average molecular weight is 629 g/mol. The maximum Gasteiger partial charge on any atom is 0.252 e. The van der Waals surface area contributed by atoms with E-state index < -0.39 is 0 Å². The Morgan fingerprint density at radius 2 is 0.857 bits per heavy atom. The number of fused-ring (bicyclic) bond motifs is 4. The Balaban J connectivity index is 1.34. The Labute approximate surface area is 290 Å². The fourth-order valence-corrected chi connectivity index (χ4v) is 7.76. The Morgan fingerprint density at radius 3 is 1.47 bits per heavy atom. The van der Waals surface area contributed by atoms with Crippen molar-refractivity contribution in [2.24, 2.45) is 0 Å². The third kappa shape index (κ3) is 4.88. The molecular formula is C46H37BN2. The van der Waals surface area contributed by atoms with Crippen LogP contribution in [0.3, 0.4) is 0 Å². The van der Waals surface area contributed by atoms with Crippen LogP contribution in [0.15, 0.2) is 170 Å². The summed E-state index contributed by atoms with van der Waals surface area (Å²) in [5, 5.41) is 0. The van der Waals surface area contributed by atoms with E-state index in [-0.39, 0.29) is 12.1 Å². The minimum atomic E-state index is -0.0549. The van der Waals surface area contributed by atoms with E-state index in [1.165, 1.54) is 72.6 Å². The van der Waals surface area contributed by atoms with Crippen LogP contribution in [0.5, 0.6) is 0 Å². The van der Waals surface area contributed by atoms with Gasteiger partial charge in [-0.1, -0.05) is 142 Å². The molecule has 2 aliphatic rings. The van der Waals surface area contributed by atoms with Gasteiger partial charge in [0.15, 0.2) is 0 Å². The van der Waals surface area contributed by atoms with Crippen molar-refractivity contribution in [3.8, 4) is 22.3 Å². The molecule has 0 atom stereocenters. The minimum absolute atomic E-state index is 0.0549. The van der Waals surface area contributed by atoms with Crippen molar-refractivity contribution in [1.29, 1.82) is 0 Å². The van der Waals surface area contributed by atoms with Gasteiger partial charge in [-0.25, -0.2) is 0 Å². The second-order valence-electron chi connectivity index (χ2n) is 14.2. The van der Waals surface area contributed by atoms with Gasteiger partial charge in [-0.05, 0) is 98.2 Å². The van der Waals surface area contributed by atoms with Crippen LogP contribution < -0.4 is 26.2 Å². The molecule has 234 valence electrons. The highest BCUT2D eigenvalue weighted by Crippen LogP contribution is 2.46. The first-order valence-electron chi connectivity index (χ1n) is 17.2. The SMILES string of the molecule is CC(C)(C)c1cc2c3c(c1)N(c1ccccc1)c1ccc(-c4ccccc4)cc1B3c1ccccc1N2c1ccc(-c2ccccc2)cc1. The van der Waals surface area contributed by atoms with Gasteiger partial charge >= 0.3 is 0 Å². The van der Waals surface area contributed by atoms with E-state index in [0.717, 1.165) is 5.69 Å². The Hall–Kier alpha value is -5.80. The molecule has 49 heavy (non-hydrogen) atoms. The van der Waals surface area contributed by atoms with Gasteiger partial charge in [0.25, 0.3) is 6.71 Å². The monoisotopic (exact) mass is 628 g/mol. The van der Waals surface area contributed by atoms with Crippen LogP contribution in [0.25, 0.3) is 22.3 Å². The molecule has 0 fully saturated rings. The maximum absolute atomic E-state index is 2.50. The average Bonchev–Trinajstić information content (AvgIpc) is 3.15. The lowest BCUT2D eigenvalue weighted by molar-refractivity contribution is 0.590. The quantitative estimate of drug-likeness (QED) is 0.179. The lowest BCUT2D eigenvalue weighted by Crippen LogP contribution is -2.61. The van der Waals surface area contributed by atoms with E-state index in [0.29, 0.717) is 0 Å². The molecule has 7 aromatic rings. The minimum Gasteiger partial charge on any atom is -0.311 e. The summed E-state index contributed by atoms with van der Waals surface area (Å²) in [5.41, 5.74) is 17.5. The first-order chi connectivity index (χ1) is 24.0. The zero-order valence-corrected chi connectivity index (χ0v) is 28.1. The van der Waals surface area contributed by atoms with Crippen LogP contribution in [0, 0.1) is 0 Å². The van der Waals surface area contributed by atoms with Crippen LogP contribution in [-0.4, -0.2) is 6.71 Å². The van der Waals surface area contributed by atoms with Crippen molar-refractivity contribution in [1.82, 2.24) is 0 Å². The topological polar surface area (TPSA) is 6.48 Å². The molecule has 0 saturated heterocycles. The van der Waals surface area contributed by atoms with E-state index in [4.69, 9.17) is 0 Å². The van der Waals surface area contributed by atoms with E-state index in [1.807, 2.05) is 0 Å². The molecule has 0 spiro atoms. The Kier molecular flexibility index (Phi) is 6.84. The third-order valence-corrected chi connectivity index (χ3v) is 10.2. The zero-order valence-electron chi connectivity index (χ0n) is 28.1. The Bertz CT molecular complexity index is 2310. The molecular weight excluding hydrogens is 591 g/mol. The number of hydrogen-bond donors (Lipinski definition) is 0. The smallest absolute Gasteiger partial charge is 0.252 e. The lowest BCUT2D eigenvalue weighted by Gasteiger charge is -2.45. The number of benzene rings is 7. The summed E-state index contributed by atoms with van der Waals surface area (Å²) in [6, 6.07) is 62.4. The number of nitrogens with zero attached hydrogens (tertiary/aromatic N) is 2. The predicted octanol–water partition coefficient (Wildman–Crippen LogP) is 10.4. The molecule has 7 aromatic carbocycles. The van der Waals surface area contributed by atoms with Crippen LogP contribution >= 0.6 is 0 Å². The Morgan fingerprint density at radius 1 is 0.388 bits per heavy atom. The molecule has 2 aliphatic heterocycles.